The number of nitrogens with one attached hydrogen (secondary N) is 1. The van der Waals surface area contributed by atoms with Gasteiger partial charge in [-0.3, -0.25) is 4.79 Å². The van der Waals surface area contributed by atoms with Crippen molar-refractivity contribution >= 4 is 56.5 Å². The van der Waals surface area contributed by atoms with Gasteiger partial charge in [0.1, 0.15) is 5.82 Å². The third kappa shape index (κ3) is 4.65. The maximum atomic E-state index is 12.8. The molecule has 0 saturated carbocycles. The molecule has 1 N–H and O–H groups in total. The Morgan fingerprint density at radius 2 is 1.76 bits per heavy atom. The lowest BCUT2D eigenvalue weighted by Crippen LogP contribution is -2.40. The number of piperidine rings is 1. The van der Waals surface area contributed by atoms with Gasteiger partial charge in [0.15, 0.2) is 5.65 Å². The van der Waals surface area contributed by atoms with Crippen LogP contribution in [0.2, 0.25) is 10.0 Å². The van der Waals surface area contributed by atoms with Crippen molar-refractivity contribution in [2.45, 2.75) is 12.8 Å². The molecule has 0 spiro atoms. The van der Waals surface area contributed by atoms with Gasteiger partial charge in [-0.15, -0.1) is 0 Å². The van der Waals surface area contributed by atoms with Crippen LogP contribution in [0, 0.1) is 5.92 Å². The highest BCUT2D eigenvalue weighted by atomic mass is 79.9. The summed E-state index contributed by atoms with van der Waals surface area (Å²) >= 11 is 16.2. The highest BCUT2D eigenvalue weighted by molar-refractivity contribution is 9.10. The third-order valence-electron chi connectivity index (χ3n) is 6.16. The number of rotatable bonds is 5. The van der Waals surface area contributed by atoms with E-state index < -0.39 is 0 Å². The molecule has 0 radical (unpaired) electrons. The Morgan fingerprint density at radius 1 is 1.06 bits per heavy atom. The van der Waals surface area contributed by atoms with Crippen molar-refractivity contribution in [3.8, 4) is 11.3 Å². The van der Waals surface area contributed by atoms with Gasteiger partial charge in [0.05, 0.1) is 26.9 Å². The summed E-state index contributed by atoms with van der Waals surface area (Å²) in [6.45, 7) is 2.19. The van der Waals surface area contributed by atoms with Crippen molar-refractivity contribution < 1.29 is 4.79 Å². The molecule has 6 nitrogen and oxygen atoms in total. The number of fused-ring (bicyclic) bond motifs is 1. The highest BCUT2D eigenvalue weighted by Crippen LogP contribution is 2.31. The van der Waals surface area contributed by atoms with Crippen LogP contribution in [0.25, 0.3) is 16.9 Å². The molecule has 1 aliphatic heterocycles. The van der Waals surface area contributed by atoms with Gasteiger partial charge in [0, 0.05) is 36.3 Å². The van der Waals surface area contributed by atoms with Crippen LogP contribution >= 0.6 is 39.1 Å². The monoisotopic (exact) mass is 557 g/mol. The van der Waals surface area contributed by atoms with E-state index in [0.717, 1.165) is 46.6 Å². The Kier molecular flexibility index (Phi) is 6.77. The van der Waals surface area contributed by atoms with Crippen molar-refractivity contribution in [3.63, 3.8) is 0 Å². The van der Waals surface area contributed by atoms with Crippen LogP contribution in [0.15, 0.2) is 65.3 Å². The Balaban J connectivity index is 1.29. The van der Waals surface area contributed by atoms with Gasteiger partial charge in [-0.25, -0.2) is 4.98 Å². The molecule has 9 heteroatoms. The van der Waals surface area contributed by atoms with Crippen LogP contribution < -0.4 is 5.32 Å². The lowest BCUT2D eigenvalue weighted by atomic mass is 9.96. The Hall–Kier alpha value is -2.61. The van der Waals surface area contributed by atoms with E-state index in [2.05, 4.69) is 26.3 Å². The molecule has 5 rings (SSSR count). The van der Waals surface area contributed by atoms with E-state index in [-0.39, 0.29) is 5.91 Å². The molecule has 0 bridgehead atoms. The zero-order chi connectivity index (χ0) is 23.7. The van der Waals surface area contributed by atoms with Crippen molar-refractivity contribution in [2.75, 3.05) is 25.0 Å². The normalized spacial score (nSPS) is 14.5. The first-order valence-electron chi connectivity index (χ1n) is 11.1. The van der Waals surface area contributed by atoms with Crippen LogP contribution in [0.3, 0.4) is 0 Å². The minimum absolute atomic E-state index is 0.00127. The first-order valence-corrected chi connectivity index (χ1v) is 12.6. The quantitative estimate of drug-likeness (QED) is 0.306. The number of carbonyl (C=O) groups excluding carboxylic acids is 1. The topological polar surface area (TPSA) is 62.5 Å². The van der Waals surface area contributed by atoms with Crippen LogP contribution in [-0.4, -0.2) is 45.0 Å². The van der Waals surface area contributed by atoms with Crippen LogP contribution in [-0.2, 0) is 0 Å². The third-order valence-corrected chi connectivity index (χ3v) is 7.38. The SMILES string of the molecule is O=C(c1ccccc1Cl)N1CCC(CNc2cc(-c3ccccc3Cl)nc3c(Br)cnn23)CC1. The molecule has 2 aromatic heterocycles. The smallest absolute Gasteiger partial charge is 0.255 e. The Morgan fingerprint density at radius 3 is 2.50 bits per heavy atom. The minimum Gasteiger partial charge on any atom is -0.370 e. The molecule has 2 aromatic carbocycles. The average molecular weight is 559 g/mol. The zero-order valence-corrected chi connectivity index (χ0v) is 21.3. The van der Waals surface area contributed by atoms with Gasteiger partial charge in [0.25, 0.3) is 5.91 Å². The van der Waals surface area contributed by atoms with Gasteiger partial charge in [0.2, 0.25) is 0 Å². The number of anilines is 1. The largest absolute Gasteiger partial charge is 0.370 e. The average Bonchev–Trinajstić information content (AvgIpc) is 3.24. The fraction of sp³-hybridized carbons (Fsp3) is 0.240. The Bertz CT molecular complexity index is 1350. The van der Waals surface area contributed by atoms with E-state index in [1.54, 1.807) is 22.8 Å². The first kappa shape index (κ1) is 23.1. The molecule has 0 atom stereocenters. The van der Waals surface area contributed by atoms with E-state index in [0.29, 0.717) is 34.6 Å². The van der Waals surface area contributed by atoms with Gasteiger partial charge in [-0.1, -0.05) is 53.5 Å². The van der Waals surface area contributed by atoms with Crippen molar-refractivity contribution in [2.24, 2.45) is 5.92 Å². The predicted molar refractivity (Wildman–Crippen MR) is 140 cm³/mol. The molecule has 1 saturated heterocycles. The summed E-state index contributed by atoms with van der Waals surface area (Å²) in [4.78, 5) is 19.5. The number of aromatic nitrogens is 3. The van der Waals surface area contributed by atoms with Crippen LogP contribution in [0.4, 0.5) is 5.82 Å². The summed E-state index contributed by atoms with van der Waals surface area (Å²) in [6, 6.07) is 16.9. The lowest BCUT2D eigenvalue weighted by molar-refractivity contribution is 0.0695. The molecule has 3 heterocycles. The first-order chi connectivity index (χ1) is 16.5. The second-order valence-corrected chi connectivity index (χ2v) is 10.00. The van der Waals surface area contributed by atoms with E-state index in [1.165, 1.54) is 0 Å². The summed E-state index contributed by atoms with van der Waals surface area (Å²) in [5, 5.41) is 9.17. The maximum Gasteiger partial charge on any atom is 0.255 e. The number of benzene rings is 2. The zero-order valence-electron chi connectivity index (χ0n) is 18.2. The molecule has 1 amide bonds. The lowest BCUT2D eigenvalue weighted by Gasteiger charge is -2.32. The molecule has 0 unspecified atom stereocenters. The fourth-order valence-corrected chi connectivity index (χ4v) is 5.06. The number of halogens is 3. The number of hydrogen-bond acceptors (Lipinski definition) is 4. The summed E-state index contributed by atoms with van der Waals surface area (Å²) in [5.74, 6) is 1.28. The molecular formula is C25H22BrCl2N5O. The number of carbonyl (C=O) groups is 1. The summed E-state index contributed by atoms with van der Waals surface area (Å²) in [7, 11) is 0. The van der Waals surface area contributed by atoms with Gasteiger partial charge in [-0.05, 0) is 52.9 Å². The number of likely N-dealkylation sites (tertiary alicyclic amines) is 1. The van der Waals surface area contributed by atoms with Gasteiger partial charge < -0.3 is 10.2 Å². The standard InChI is InChI=1S/C25H22BrCl2N5O/c26-19-15-30-33-23(13-22(31-24(19)33)17-5-1-3-7-20(17)27)29-14-16-9-11-32(12-10-16)25(34)18-6-2-4-8-21(18)28/h1-8,13,15-16,29H,9-12,14H2. The number of nitrogens with zero attached hydrogens (tertiary/aromatic N) is 4. The van der Waals surface area contributed by atoms with Crippen LogP contribution in [0.1, 0.15) is 23.2 Å². The maximum absolute atomic E-state index is 12.8. The van der Waals surface area contributed by atoms with Crippen LogP contribution in [0.5, 0.6) is 0 Å². The minimum atomic E-state index is -0.00127. The molecule has 1 fully saturated rings. The Labute approximate surface area is 216 Å². The summed E-state index contributed by atoms with van der Waals surface area (Å²) in [5.41, 5.74) is 2.94. The predicted octanol–water partition coefficient (Wildman–Crippen LogP) is 6.43. The van der Waals surface area contributed by atoms with Gasteiger partial charge >= 0.3 is 0 Å². The molecule has 34 heavy (non-hydrogen) atoms. The molecular weight excluding hydrogens is 537 g/mol. The summed E-state index contributed by atoms with van der Waals surface area (Å²) in [6.07, 6.45) is 3.57. The van der Waals surface area contributed by atoms with Gasteiger partial charge in [-0.2, -0.15) is 9.61 Å². The second kappa shape index (κ2) is 9.94. The number of amides is 1. The molecule has 1 aliphatic rings. The van der Waals surface area contributed by atoms with E-state index in [9.17, 15) is 4.79 Å². The molecule has 0 aliphatic carbocycles. The molecule has 4 aromatic rings. The van der Waals surface area contributed by atoms with E-state index in [4.69, 9.17) is 28.2 Å². The van der Waals surface area contributed by atoms with E-state index in [1.807, 2.05) is 47.4 Å². The summed E-state index contributed by atoms with van der Waals surface area (Å²) < 4.78 is 2.61. The van der Waals surface area contributed by atoms with Crippen molar-refractivity contribution in [1.82, 2.24) is 19.5 Å². The number of hydrogen-bond donors (Lipinski definition) is 1. The molecule has 174 valence electrons. The fourth-order valence-electron chi connectivity index (χ4n) is 4.26. The van der Waals surface area contributed by atoms with Crippen molar-refractivity contribution in [3.05, 3.63) is 80.9 Å². The van der Waals surface area contributed by atoms with Crippen molar-refractivity contribution in [1.29, 1.82) is 0 Å². The van der Waals surface area contributed by atoms with E-state index >= 15 is 0 Å². The highest BCUT2D eigenvalue weighted by Gasteiger charge is 2.25. The second-order valence-electron chi connectivity index (χ2n) is 8.33.